The number of carbonyl (C=O) groups excluding carboxylic acids is 3. The largest absolute Gasteiger partial charge is 0.465 e. The standard InChI is InChI=1S/C18H19N3O5/c1-25-10-9-20-16(22)13-7-8-19-15(11-13)17(23)21-14-5-3-12(4-6-14)18(24)26-2/h3-8,11H,9-10H2,1-2H3,(H,20,22)(H,21,23). The van der Waals surface area contributed by atoms with Gasteiger partial charge in [-0.15, -0.1) is 0 Å². The normalized spacial score (nSPS) is 10.1. The molecule has 0 saturated carbocycles. The molecule has 2 N–H and O–H groups in total. The van der Waals surface area contributed by atoms with Crippen molar-refractivity contribution < 1.29 is 23.9 Å². The van der Waals surface area contributed by atoms with Crippen molar-refractivity contribution in [1.29, 1.82) is 0 Å². The first-order chi connectivity index (χ1) is 12.5. The highest BCUT2D eigenvalue weighted by atomic mass is 16.5. The van der Waals surface area contributed by atoms with Crippen LogP contribution in [0.15, 0.2) is 42.6 Å². The number of nitrogens with zero attached hydrogens (tertiary/aromatic N) is 1. The molecule has 136 valence electrons. The Kier molecular flexibility index (Phi) is 6.81. The number of hydrogen-bond acceptors (Lipinski definition) is 6. The summed E-state index contributed by atoms with van der Waals surface area (Å²) in [5, 5.41) is 5.33. The van der Waals surface area contributed by atoms with Gasteiger partial charge in [0.25, 0.3) is 11.8 Å². The van der Waals surface area contributed by atoms with Crippen LogP contribution in [-0.4, -0.2) is 50.1 Å². The van der Waals surface area contributed by atoms with Gasteiger partial charge in [-0.05, 0) is 36.4 Å². The van der Waals surface area contributed by atoms with Crippen molar-refractivity contribution in [3.63, 3.8) is 0 Å². The molecule has 0 radical (unpaired) electrons. The first-order valence-electron chi connectivity index (χ1n) is 7.78. The third-order valence-electron chi connectivity index (χ3n) is 3.41. The van der Waals surface area contributed by atoms with E-state index in [1.54, 1.807) is 19.2 Å². The summed E-state index contributed by atoms with van der Waals surface area (Å²) < 4.78 is 9.48. The molecule has 2 amide bonds. The predicted molar refractivity (Wildman–Crippen MR) is 94.2 cm³/mol. The third-order valence-corrected chi connectivity index (χ3v) is 3.41. The van der Waals surface area contributed by atoms with Gasteiger partial charge in [0.15, 0.2) is 0 Å². The smallest absolute Gasteiger partial charge is 0.337 e. The summed E-state index contributed by atoms with van der Waals surface area (Å²) in [5.41, 5.74) is 1.28. The fourth-order valence-electron chi connectivity index (χ4n) is 2.07. The van der Waals surface area contributed by atoms with Crippen LogP contribution < -0.4 is 10.6 Å². The van der Waals surface area contributed by atoms with Crippen LogP contribution >= 0.6 is 0 Å². The molecule has 0 aliphatic carbocycles. The number of hydrogen-bond donors (Lipinski definition) is 2. The topological polar surface area (TPSA) is 107 Å². The number of benzene rings is 1. The summed E-state index contributed by atoms with van der Waals surface area (Å²) in [5.74, 6) is -1.25. The lowest BCUT2D eigenvalue weighted by Crippen LogP contribution is -2.27. The van der Waals surface area contributed by atoms with Crippen molar-refractivity contribution >= 4 is 23.5 Å². The highest BCUT2D eigenvalue weighted by molar-refractivity contribution is 6.05. The molecular weight excluding hydrogens is 338 g/mol. The van der Waals surface area contributed by atoms with Gasteiger partial charge in [-0.2, -0.15) is 0 Å². The average molecular weight is 357 g/mol. The van der Waals surface area contributed by atoms with Crippen molar-refractivity contribution in [1.82, 2.24) is 10.3 Å². The maximum Gasteiger partial charge on any atom is 0.337 e. The molecule has 8 heteroatoms. The Balaban J connectivity index is 2.04. The molecule has 26 heavy (non-hydrogen) atoms. The Morgan fingerprint density at radius 2 is 1.73 bits per heavy atom. The second-order valence-corrected chi connectivity index (χ2v) is 5.20. The van der Waals surface area contributed by atoms with Crippen LogP contribution in [0.5, 0.6) is 0 Å². The molecule has 0 bridgehead atoms. The van der Waals surface area contributed by atoms with Crippen molar-refractivity contribution in [3.05, 3.63) is 59.4 Å². The highest BCUT2D eigenvalue weighted by Crippen LogP contribution is 2.12. The molecule has 0 saturated heterocycles. The minimum absolute atomic E-state index is 0.0986. The molecular formula is C18H19N3O5. The van der Waals surface area contributed by atoms with E-state index in [4.69, 9.17) is 4.74 Å². The summed E-state index contributed by atoms with van der Waals surface area (Å²) in [7, 11) is 2.83. The highest BCUT2D eigenvalue weighted by Gasteiger charge is 2.12. The lowest BCUT2D eigenvalue weighted by Gasteiger charge is -2.08. The van der Waals surface area contributed by atoms with Gasteiger partial charge < -0.3 is 20.1 Å². The van der Waals surface area contributed by atoms with E-state index >= 15 is 0 Å². The molecule has 0 spiro atoms. The fourth-order valence-corrected chi connectivity index (χ4v) is 2.07. The predicted octanol–water partition coefficient (Wildman–Crippen LogP) is 1.50. The fraction of sp³-hybridized carbons (Fsp3) is 0.222. The number of pyridine rings is 1. The van der Waals surface area contributed by atoms with Crippen molar-refractivity contribution in [2.45, 2.75) is 0 Å². The lowest BCUT2D eigenvalue weighted by molar-refractivity contribution is 0.0600. The molecule has 2 rings (SSSR count). The summed E-state index contributed by atoms with van der Waals surface area (Å²) in [6, 6.07) is 9.14. The first kappa shape index (κ1) is 19.1. The number of nitrogens with one attached hydrogen (secondary N) is 2. The zero-order valence-corrected chi connectivity index (χ0v) is 14.4. The maximum absolute atomic E-state index is 12.3. The van der Waals surface area contributed by atoms with E-state index in [9.17, 15) is 14.4 Å². The number of amides is 2. The van der Waals surface area contributed by atoms with Crippen LogP contribution in [0.3, 0.4) is 0 Å². The Labute approximate surface area is 150 Å². The average Bonchev–Trinajstić information content (AvgIpc) is 2.68. The van der Waals surface area contributed by atoms with E-state index in [0.717, 1.165) is 0 Å². The molecule has 1 aromatic carbocycles. The van der Waals surface area contributed by atoms with E-state index in [0.29, 0.717) is 30.0 Å². The van der Waals surface area contributed by atoms with Crippen LogP contribution in [0.1, 0.15) is 31.2 Å². The number of carbonyl (C=O) groups is 3. The van der Waals surface area contributed by atoms with Crippen LogP contribution in [0, 0.1) is 0 Å². The molecule has 1 aromatic heterocycles. The van der Waals surface area contributed by atoms with Gasteiger partial charge >= 0.3 is 5.97 Å². The summed E-state index contributed by atoms with van der Waals surface area (Å²) >= 11 is 0. The maximum atomic E-state index is 12.3. The Hall–Kier alpha value is -3.26. The van der Waals surface area contributed by atoms with E-state index < -0.39 is 11.9 Å². The summed E-state index contributed by atoms with van der Waals surface area (Å²) in [6.07, 6.45) is 1.39. The third kappa shape index (κ3) is 5.12. The molecule has 0 aliphatic rings. The second kappa shape index (κ2) is 9.28. The van der Waals surface area contributed by atoms with Crippen molar-refractivity contribution in [2.24, 2.45) is 0 Å². The van der Waals surface area contributed by atoms with Crippen molar-refractivity contribution in [2.75, 3.05) is 32.7 Å². The second-order valence-electron chi connectivity index (χ2n) is 5.20. The molecule has 0 aliphatic heterocycles. The monoisotopic (exact) mass is 357 g/mol. The van der Waals surface area contributed by atoms with Crippen LogP contribution in [0.4, 0.5) is 5.69 Å². The Bertz CT molecular complexity index is 790. The summed E-state index contributed by atoms with van der Waals surface area (Å²) in [4.78, 5) is 39.7. The lowest BCUT2D eigenvalue weighted by atomic mass is 10.2. The minimum atomic E-state index is -0.470. The van der Waals surface area contributed by atoms with Gasteiger partial charge in [-0.1, -0.05) is 0 Å². The number of esters is 1. The molecule has 2 aromatic rings. The number of anilines is 1. The Morgan fingerprint density at radius 1 is 1.00 bits per heavy atom. The molecule has 0 fully saturated rings. The number of ether oxygens (including phenoxy) is 2. The number of rotatable bonds is 7. The van der Waals surface area contributed by atoms with E-state index in [2.05, 4.69) is 20.4 Å². The Morgan fingerprint density at radius 3 is 2.38 bits per heavy atom. The molecule has 1 heterocycles. The van der Waals surface area contributed by atoms with E-state index in [-0.39, 0.29) is 11.6 Å². The zero-order valence-electron chi connectivity index (χ0n) is 14.4. The van der Waals surface area contributed by atoms with Crippen LogP contribution in [0.2, 0.25) is 0 Å². The quantitative estimate of drug-likeness (QED) is 0.574. The van der Waals surface area contributed by atoms with Crippen molar-refractivity contribution in [3.8, 4) is 0 Å². The van der Waals surface area contributed by atoms with Gasteiger partial charge in [-0.25, -0.2) is 4.79 Å². The number of aromatic nitrogens is 1. The first-order valence-corrected chi connectivity index (χ1v) is 7.78. The number of methoxy groups -OCH3 is 2. The van der Waals surface area contributed by atoms with Crippen LogP contribution in [-0.2, 0) is 9.47 Å². The van der Waals surface area contributed by atoms with Gasteiger partial charge in [-0.3, -0.25) is 14.6 Å². The van der Waals surface area contributed by atoms with Gasteiger partial charge in [0.2, 0.25) is 0 Å². The molecule has 0 unspecified atom stereocenters. The zero-order chi connectivity index (χ0) is 18.9. The van der Waals surface area contributed by atoms with E-state index in [1.165, 1.54) is 37.6 Å². The van der Waals surface area contributed by atoms with Gasteiger partial charge in [0.1, 0.15) is 5.69 Å². The minimum Gasteiger partial charge on any atom is -0.465 e. The molecule has 0 atom stereocenters. The van der Waals surface area contributed by atoms with Gasteiger partial charge in [0, 0.05) is 31.1 Å². The summed E-state index contributed by atoms with van der Waals surface area (Å²) in [6.45, 7) is 0.761. The molecule has 8 nitrogen and oxygen atoms in total. The SMILES string of the molecule is COCCNC(=O)c1ccnc(C(=O)Nc2ccc(C(=O)OC)cc2)c1. The van der Waals surface area contributed by atoms with E-state index in [1.807, 2.05) is 0 Å². The van der Waals surface area contributed by atoms with Gasteiger partial charge in [0.05, 0.1) is 19.3 Å². The van der Waals surface area contributed by atoms with Crippen LogP contribution in [0.25, 0.3) is 0 Å².